The van der Waals surface area contributed by atoms with Crippen molar-refractivity contribution in [1.82, 2.24) is 0 Å². The van der Waals surface area contributed by atoms with Crippen molar-refractivity contribution in [3.63, 3.8) is 0 Å². The van der Waals surface area contributed by atoms with Gasteiger partial charge in [0.1, 0.15) is 0 Å². The van der Waals surface area contributed by atoms with Crippen molar-refractivity contribution in [2.75, 3.05) is 0 Å². The molecule has 1 N–H and O–H groups in total. The molecule has 150 valence electrons. The Bertz CT molecular complexity index is 635. The molecule has 3 nitrogen and oxygen atoms in total. The minimum Gasteiger partial charge on any atom is -0.282 e. The molecule has 0 radical (unpaired) electrons. The van der Waals surface area contributed by atoms with E-state index in [0.717, 1.165) is 35.8 Å². The van der Waals surface area contributed by atoms with E-state index in [1.54, 1.807) is 12.1 Å². The molecule has 0 heterocycles. The summed E-state index contributed by atoms with van der Waals surface area (Å²) in [6, 6.07) is 4.87. The van der Waals surface area contributed by atoms with Gasteiger partial charge in [-0.2, -0.15) is 8.42 Å². The van der Waals surface area contributed by atoms with E-state index in [0.29, 0.717) is 5.92 Å². The third-order valence-corrected chi connectivity index (χ3v) is 6.25. The second-order valence-corrected chi connectivity index (χ2v) is 9.99. The fourth-order valence-electron chi connectivity index (χ4n) is 3.46. The van der Waals surface area contributed by atoms with E-state index in [1.165, 1.54) is 44.6 Å². The van der Waals surface area contributed by atoms with Crippen LogP contribution in [0.1, 0.15) is 83.8 Å². The highest BCUT2D eigenvalue weighted by atomic mass is 32.2. The van der Waals surface area contributed by atoms with Gasteiger partial charge in [-0.05, 0) is 60.8 Å². The Morgan fingerprint density at radius 1 is 0.885 bits per heavy atom. The molecule has 1 aromatic rings. The van der Waals surface area contributed by atoms with E-state index in [9.17, 15) is 13.0 Å². The van der Waals surface area contributed by atoms with Gasteiger partial charge in [0.25, 0.3) is 10.1 Å². The summed E-state index contributed by atoms with van der Waals surface area (Å²) in [5.41, 5.74) is 2.11. The Kier molecular flexibility index (Phi) is 9.88. The molecule has 0 fully saturated rings. The third-order valence-electron chi connectivity index (χ3n) is 5.40. The van der Waals surface area contributed by atoms with Crippen LogP contribution >= 0.6 is 0 Å². The van der Waals surface area contributed by atoms with Crippen molar-refractivity contribution in [3.05, 3.63) is 29.3 Å². The molecule has 4 heteroatoms. The highest BCUT2D eigenvalue weighted by molar-refractivity contribution is 7.85. The van der Waals surface area contributed by atoms with Gasteiger partial charge in [0, 0.05) is 0 Å². The Morgan fingerprint density at radius 3 is 1.96 bits per heavy atom. The molecule has 1 rings (SSSR count). The first-order chi connectivity index (χ1) is 12.1. The summed E-state index contributed by atoms with van der Waals surface area (Å²) >= 11 is 0. The van der Waals surface area contributed by atoms with Crippen molar-refractivity contribution in [2.24, 2.45) is 17.8 Å². The van der Waals surface area contributed by atoms with Crippen LogP contribution < -0.4 is 0 Å². The fraction of sp³-hybridized carbons (Fsp3) is 0.727. The zero-order valence-corrected chi connectivity index (χ0v) is 18.1. The van der Waals surface area contributed by atoms with Crippen LogP contribution in [0.15, 0.2) is 23.1 Å². The maximum absolute atomic E-state index is 11.3. The first kappa shape index (κ1) is 23.2. The zero-order chi connectivity index (χ0) is 19.7. The van der Waals surface area contributed by atoms with Crippen LogP contribution in [-0.4, -0.2) is 13.0 Å². The standard InChI is InChI=1S/C22H38O3S/c1-17(2)8-6-9-18(3)10-7-11-19(4)12-14-21-16-22(26(23,24)25)15-13-20(21)5/h13,15-19H,6-12,14H2,1-5H3,(H,23,24,25). The van der Waals surface area contributed by atoms with Crippen LogP contribution in [0.3, 0.4) is 0 Å². The summed E-state index contributed by atoms with van der Waals surface area (Å²) in [7, 11) is -4.12. The smallest absolute Gasteiger partial charge is 0.282 e. The average Bonchev–Trinajstić information content (AvgIpc) is 2.52. The third kappa shape index (κ3) is 9.18. The number of benzene rings is 1. The van der Waals surface area contributed by atoms with E-state index >= 15 is 0 Å². The quantitative estimate of drug-likeness (QED) is 0.423. The van der Waals surface area contributed by atoms with E-state index in [-0.39, 0.29) is 4.90 Å². The van der Waals surface area contributed by atoms with Crippen LogP contribution in [0.25, 0.3) is 0 Å². The molecule has 26 heavy (non-hydrogen) atoms. The highest BCUT2D eigenvalue weighted by Crippen LogP contribution is 2.23. The predicted molar refractivity (Wildman–Crippen MR) is 110 cm³/mol. The van der Waals surface area contributed by atoms with Crippen molar-refractivity contribution in [3.8, 4) is 0 Å². The SMILES string of the molecule is Cc1ccc(S(=O)(=O)O)cc1CCC(C)CCCC(C)CCCC(C)C. The number of hydrogen-bond donors (Lipinski definition) is 1. The normalized spacial score (nSPS) is 14.6. The van der Waals surface area contributed by atoms with Crippen LogP contribution in [0.5, 0.6) is 0 Å². The number of rotatable bonds is 12. The van der Waals surface area contributed by atoms with Gasteiger partial charge in [0.2, 0.25) is 0 Å². The van der Waals surface area contributed by atoms with Gasteiger partial charge in [-0.3, -0.25) is 4.55 Å². The second-order valence-electron chi connectivity index (χ2n) is 8.57. The monoisotopic (exact) mass is 382 g/mol. The zero-order valence-electron chi connectivity index (χ0n) is 17.3. The first-order valence-electron chi connectivity index (χ1n) is 10.2. The molecule has 2 unspecified atom stereocenters. The summed E-state index contributed by atoms with van der Waals surface area (Å²) in [5, 5.41) is 0. The number of aryl methyl sites for hydroxylation is 2. The Hall–Kier alpha value is -0.870. The van der Waals surface area contributed by atoms with Crippen molar-refractivity contribution >= 4 is 10.1 Å². The minimum absolute atomic E-state index is 0.000903. The van der Waals surface area contributed by atoms with Crippen molar-refractivity contribution in [2.45, 2.75) is 90.9 Å². The van der Waals surface area contributed by atoms with Gasteiger partial charge in [-0.1, -0.05) is 72.3 Å². The lowest BCUT2D eigenvalue weighted by atomic mass is 9.91. The van der Waals surface area contributed by atoms with Crippen molar-refractivity contribution < 1.29 is 13.0 Å². The van der Waals surface area contributed by atoms with E-state index in [2.05, 4.69) is 27.7 Å². The van der Waals surface area contributed by atoms with Gasteiger partial charge in [-0.25, -0.2) is 0 Å². The lowest BCUT2D eigenvalue weighted by Gasteiger charge is -2.15. The maximum Gasteiger partial charge on any atom is 0.294 e. The first-order valence-corrected chi connectivity index (χ1v) is 11.6. The van der Waals surface area contributed by atoms with E-state index in [1.807, 2.05) is 6.92 Å². The summed E-state index contributed by atoms with van der Waals surface area (Å²) < 4.78 is 31.8. The molecule has 0 amide bonds. The molecule has 0 aliphatic rings. The Labute approximate surface area is 161 Å². The largest absolute Gasteiger partial charge is 0.294 e. The summed E-state index contributed by atoms with van der Waals surface area (Å²) in [5.74, 6) is 2.26. The Morgan fingerprint density at radius 2 is 1.42 bits per heavy atom. The Balaban J connectivity index is 2.35. The predicted octanol–water partition coefficient (Wildman–Crippen LogP) is 6.44. The minimum atomic E-state index is -4.12. The second kappa shape index (κ2) is 11.1. The van der Waals surface area contributed by atoms with Crippen LogP contribution in [-0.2, 0) is 16.5 Å². The van der Waals surface area contributed by atoms with Gasteiger partial charge in [0.15, 0.2) is 0 Å². The summed E-state index contributed by atoms with van der Waals surface area (Å²) in [6.45, 7) is 11.2. The maximum atomic E-state index is 11.3. The van der Waals surface area contributed by atoms with E-state index in [4.69, 9.17) is 0 Å². The molecule has 0 saturated heterocycles. The van der Waals surface area contributed by atoms with Crippen LogP contribution in [0.4, 0.5) is 0 Å². The fourth-order valence-corrected chi connectivity index (χ4v) is 3.99. The number of hydrogen-bond acceptors (Lipinski definition) is 2. The average molecular weight is 383 g/mol. The molecule has 2 atom stereocenters. The molecule has 0 bridgehead atoms. The molecule has 0 spiro atoms. The lowest BCUT2D eigenvalue weighted by molar-refractivity contribution is 0.392. The molecule has 0 saturated carbocycles. The van der Waals surface area contributed by atoms with Gasteiger partial charge in [-0.15, -0.1) is 0 Å². The molecular formula is C22H38O3S. The molecule has 0 aliphatic carbocycles. The summed E-state index contributed by atoms with van der Waals surface area (Å²) in [4.78, 5) is 0.000903. The van der Waals surface area contributed by atoms with Crippen molar-refractivity contribution in [1.29, 1.82) is 0 Å². The van der Waals surface area contributed by atoms with Crippen LogP contribution in [0.2, 0.25) is 0 Å². The molecule has 0 aromatic heterocycles. The lowest BCUT2D eigenvalue weighted by Crippen LogP contribution is -2.03. The molecule has 1 aromatic carbocycles. The van der Waals surface area contributed by atoms with Gasteiger partial charge < -0.3 is 0 Å². The topological polar surface area (TPSA) is 54.4 Å². The van der Waals surface area contributed by atoms with Gasteiger partial charge in [0.05, 0.1) is 4.90 Å². The molecule has 0 aliphatic heterocycles. The van der Waals surface area contributed by atoms with E-state index < -0.39 is 10.1 Å². The highest BCUT2D eigenvalue weighted by Gasteiger charge is 2.12. The van der Waals surface area contributed by atoms with Gasteiger partial charge >= 0.3 is 0 Å². The van der Waals surface area contributed by atoms with Crippen LogP contribution in [0, 0.1) is 24.7 Å². The molecular weight excluding hydrogens is 344 g/mol. The summed E-state index contributed by atoms with van der Waals surface area (Å²) in [6.07, 6.45) is 9.74.